The zero-order valence-corrected chi connectivity index (χ0v) is 14.0. The topological polar surface area (TPSA) is 95.9 Å². The van der Waals surface area contributed by atoms with Crippen LogP contribution in [-0.2, 0) is 14.4 Å². The number of nitrogens with one attached hydrogen (secondary N) is 1. The molecule has 0 unspecified atom stereocenters. The molecule has 1 aromatic rings. The summed E-state index contributed by atoms with van der Waals surface area (Å²) in [7, 11) is 1.53. The van der Waals surface area contributed by atoms with Crippen molar-refractivity contribution in [3.63, 3.8) is 0 Å². The summed E-state index contributed by atoms with van der Waals surface area (Å²) in [5, 5.41) is 11.5. The van der Waals surface area contributed by atoms with Crippen LogP contribution in [0.1, 0.15) is 25.3 Å². The minimum atomic E-state index is -1.08. The van der Waals surface area contributed by atoms with Crippen molar-refractivity contribution in [3.8, 4) is 5.75 Å². The molecule has 7 nitrogen and oxygen atoms in total. The lowest BCUT2D eigenvalue weighted by Gasteiger charge is -2.20. The van der Waals surface area contributed by atoms with E-state index in [-0.39, 0.29) is 25.3 Å². The van der Waals surface area contributed by atoms with Crippen LogP contribution in [0.3, 0.4) is 0 Å². The Labute approximate surface area is 140 Å². The van der Waals surface area contributed by atoms with E-state index in [9.17, 15) is 14.4 Å². The molecule has 2 N–H and O–H groups in total. The van der Waals surface area contributed by atoms with E-state index in [1.807, 2.05) is 19.1 Å². The number of aryl methyl sites for hydroxylation is 1. The molecule has 1 heterocycles. The highest BCUT2D eigenvalue weighted by atomic mass is 16.5. The van der Waals surface area contributed by atoms with E-state index in [4.69, 9.17) is 9.84 Å². The second-order valence-corrected chi connectivity index (χ2v) is 5.89. The molecule has 24 heavy (non-hydrogen) atoms. The highest BCUT2D eigenvalue weighted by Crippen LogP contribution is 2.33. The Bertz CT molecular complexity index is 658. The zero-order valence-electron chi connectivity index (χ0n) is 14.0. The van der Waals surface area contributed by atoms with Crippen LogP contribution in [0.25, 0.3) is 0 Å². The fraction of sp³-hybridized carbons (Fsp3) is 0.471. The maximum Gasteiger partial charge on any atom is 0.326 e. The summed E-state index contributed by atoms with van der Waals surface area (Å²) in [5.74, 6) is -1.68. The van der Waals surface area contributed by atoms with Crippen molar-refractivity contribution in [1.29, 1.82) is 0 Å². The van der Waals surface area contributed by atoms with Gasteiger partial charge in [-0.25, -0.2) is 4.79 Å². The lowest BCUT2D eigenvalue weighted by atomic mass is 10.1. The van der Waals surface area contributed by atoms with Crippen LogP contribution in [0.15, 0.2) is 18.2 Å². The number of carboxylic acid groups (broad SMARTS) is 1. The predicted molar refractivity (Wildman–Crippen MR) is 88.0 cm³/mol. The smallest absolute Gasteiger partial charge is 0.326 e. The number of hydrogen-bond acceptors (Lipinski definition) is 4. The molecule has 0 aliphatic carbocycles. The minimum absolute atomic E-state index is 0.0545. The Morgan fingerprint density at radius 2 is 2.17 bits per heavy atom. The van der Waals surface area contributed by atoms with Gasteiger partial charge in [0.2, 0.25) is 11.8 Å². The number of carbonyl (C=O) groups is 3. The van der Waals surface area contributed by atoms with Crippen LogP contribution in [0.4, 0.5) is 5.69 Å². The van der Waals surface area contributed by atoms with Crippen molar-refractivity contribution in [2.75, 3.05) is 18.6 Å². The molecule has 1 aliphatic heterocycles. The molecule has 1 saturated heterocycles. The average molecular weight is 334 g/mol. The second kappa shape index (κ2) is 7.33. The van der Waals surface area contributed by atoms with Crippen LogP contribution < -0.4 is 15.0 Å². The highest BCUT2D eigenvalue weighted by molar-refractivity contribution is 6.01. The van der Waals surface area contributed by atoms with E-state index in [1.165, 1.54) is 12.0 Å². The Morgan fingerprint density at radius 1 is 1.46 bits per heavy atom. The van der Waals surface area contributed by atoms with Crippen molar-refractivity contribution < 1.29 is 24.2 Å². The Morgan fingerprint density at radius 3 is 2.75 bits per heavy atom. The number of methoxy groups -OCH3 is 1. The first-order valence-electron chi connectivity index (χ1n) is 7.85. The molecule has 1 aromatic carbocycles. The van der Waals surface area contributed by atoms with Crippen molar-refractivity contribution in [1.82, 2.24) is 5.32 Å². The summed E-state index contributed by atoms with van der Waals surface area (Å²) < 4.78 is 5.30. The Balaban J connectivity index is 2.15. The van der Waals surface area contributed by atoms with E-state index < -0.39 is 23.8 Å². The monoisotopic (exact) mass is 334 g/mol. The SMILES string of the molecule is CC[C@@H](NC(=O)[C@@H]1CC(=O)N(c2cc(C)ccc2OC)C1)C(=O)O. The molecule has 1 fully saturated rings. The van der Waals surface area contributed by atoms with E-state index in [0.717, 1.165) is 5.56 Å². The molecule has 0 spiro atoms. The van der Waals surface area contributed by atoms with E-state index in [1.54, 1.807) is 13.0 Å². The van der Waals surface area contributed by atoms with Gasteiger partial charge in [0.1, 0.15) is 11.8 Å². The summed E-state index contributed by atoms with van der Waals surface area (Å²) in [5.41, 5.74) is 1.60. The van der Waals surface area contributed by atoms with Gasteiger partial charge in [-0.05, 0) is 31.0 Å². The standard InChI is InChI=1S/C17H22N2O5/c1-4-12(17(22)23)18-16(21)11-8-15(20)19(9-11)13-7-10(2)5-6-14(13)24-3/h5-7,11-12H,4,8-9H2,1-3H3,(H,18,21)(H,22,23)/t11-,12-/m1/s1. The van der Waals surface area contributed by atoms with E-state index >= 15 is 0 Å². The zero-order chi connectivity index (χ0) is 17.9. The summed E-state index contributed by atoms with van der Waals surface area (Å²) in [6.45, 7) is 3.80. The number of hydrogen-bond donors (Lipinski definition) is 2. The molecule has 2 atom stereocenters. The first kappa shape index (κ1) is 17.8. The average Bonchev–Trinajstić information content (AvgIpc) is 2.93. The Kier molecular flexibility index (Phi) is 5.43. The van der Waals surface area contributed by atoms with Gasteiger partial charge in [0.25, 0.3) is 0 Å². The molecule has 0 bridgehead atoms. The van der Waals surface area contributed by atoms with Crippen LogP contribution >= 0.6 is 0 Å². The van der Waals surface area contributed by atoms with Gasteiger partial charge < -0.3 is 20.1 Å². The minimum Gasteiger partial charge on any atom is -0.495 e. The van der Waals surface area contributed by atoms with Crippen molar-refractivity contribution in [2.45, 2.75) is 32.7 Å². The van der Waals surface area contributed by atoms with Crippen molar-refractivity contribution in [2.24, 2.45) is 5.92 Å². The second-order valence-electron chi connectivity index (χ2n) is 5.89. The van der Waals surface area contributed by atoms with Crippen LogP contribution in [0.2, 0.25) is 0 Å². The number of benzene rings is 1. The molecule has 130 valence electrons. The number of rotatable bonds is 6. The number of carboxylic acids is 1. The van der Waals surface area contributed by atoms with Crippen molar-refractivity contribution >= 4 is 23.5 Å². The molecule has 0 aromatic heterocycles. The summed E-state index contributed by atoms with van der Waals surface area (Å²) >= 11 is 0. The normalized spacial score (nSPS) is 18.4. The summed E-state index contributed by atoms with van der Waals surface area (Å²) in [6, 6.07) is 4.56. The largest absolute Gasteiger partial charge is 0.495 e. The molecule has 1 aliphatic rings. The predicted octanol–water partition coefficient (Wildman–Crippen LogP) is 1.34. The third kappa shape index (κ3) is 3.67. The van der Waals surface area contributed by atoms with Crippen molar-refractivity contribution in [3.05, 3.63) is 23.8 Å². The van der Waals surface area contributed by atoms with E-state index in [0.29, 0.717) is 11.4 Å². The van der Waals surface area contributed by atoms with Gasteiger partial charge in [0.05, 0.1) is 18.7 Å². The maximum atomic E-state index is 12.3. The fourth-order valence-corrected chi connectivity index (χ4v) is 2.75. The summed E-state index contributed by atoms with van der Waals surface area (Å²) in [6.07, 6.45) is 0.343. The fourth-order valence-electron chi connectivity index (χ4n) is 2.75. The third-order valence-electron chi connectivity index (χ3n) is 4.14. The quantitative estimate of drug-likeness (QED) is 0.818. The van der Waals surface area contributed by atoms with Gasteiger partial charge in [-0.1, -0.05) is 13.0 Å². The van der Waals surface area contributed by atoms with Crippen LogP contribution in [0.5, 0.6) is 5.75 Å². The first-order valence-corrected chi connectivity index (χ1v) is 7.85. The number of ether oxygens (including phenoxy) is 1. The molecule has 7 heteroatoms. The lowest BCUT2D eigenvalue weighted by Crippen LogP contribution is -2.43. The Hall–Kier alpha value is -2.57. The number of carbonyl (C=O) groups excluding carboxylic acids is 2. The van der Waals surface area contributed by atoms with E-state index in [2.05, 4.69) is 5.32 Å². The third-order valence-corrected chi connectivity index (χ3v) is 4.14. The number of amides is 2. The number of aliphatic carboxylic acids is 1. The molecule has 2 rings (SSSR count). The van der Waals surface area contributed by atoms with Gasteiger partial charge in [-0.15, -0.1) is 0 Å². The van der Waals surface area contributed by atoms with Gasteiger partial charge in [0, 0.05) is 13.0 Å². The maximum absolute atomic E-state index is 12.3. The summed E-state index contributed by atoms with van der Waals surface area (Å²) in [4.78, 5) is 37.2. The van der Waals surface area contributed by atoms with Gasteiger partial charge in [-0.2, -0.15) is 0 Å². The number of anilines is 1. The highest BCUT2D eigenvalue weighted by Gasteiger charge is 2.37. The van der Waals surface area contributed by atoms with Gasteiger partial charge in [0.15, 0.2) is 0 Å². The van der Waals surface area contributed by atoms with Crippen LogP contribution in [0, 0.1) is 12.8 Å². The number of nitrogens with zero attached hydrogens (tertiary/aromatic N) is 1. The molecule has 0 radical (unpaired) electrons. The van der Waals surface area contributed by atoms with Gasteiger partial charge >= 0.3 is 5.97 Å². The van der Waals surface area contributed by atoms with Crippen LogP contribution in [-0.4, -0.2) is 42.6 Å². The molecular weight excluding hydrogens is 312 g/mol. The molecular formula is C17H22N2O5. The molecule has 2 amide bonds. The first-order chi connectivity index (χ1) is 11.4. The molecule has 0 saturated carbocycles. The lowest BCUT2D eigenvalue weighted by molar-refractivity contribution is -0.142. The van der Waals surface area contributed by atoms with Gasteiger partial charge in [-0.3, -0.25) is 9.59 Å².